The summed E-state index contributed by atoms with van der Waals surface area (Å²) in [7, 11) is 0. The molecule has 0 saturated carbocycles. The van der Waals surface area contributed by atoms with Crippen LogP contribution in [0, 0.1) is 0 Å². The molecule has 0 aromatic heterocycles. The van der Waals surface area contributed by atoms with Crippen LogP contribution in [-0.2, 0) is 0 Å². The normalized spacial score (nSPS) is 1.50. The minimum Gasteiger partial charge on any atom is -0.158 e. The summed E-state index contributed by atoms with van der Waals surface area (Å²) >= 11 is 1.44. The number of halogens is 2. The number of hydrogen-bond donors (Lipinski definition) is 0. The smallest absolute Gasteiger partial charge is 0.158 e. The summed E-state index contributed by atoms with van der Waals surface area (Å²) in [5.41, 5.74) is 0. The Morgan fingerprint density at radius 2 is 1.25 bits per heavy atom. The third-order valence-electron chi connectivity index (χ3n) is 0. The van der Waals surface area contributed by atoms with Crippen LogP contribution >= 0.6 is 26.3 Å². The first kappa shape index (κ1) is 16.1. The molecule has 0 nitrogen and oxygen atoms in total. The van der Waals surface area contributed by atoms with Crippen LogP contribution in [0.15, 0.2) is 0 Å². The van der Waals surface area contributed by atoms with Gasteiger partial charge in [-0.2, -0.15) is 13.5 Å². The molecule has 0 rings (SSSR count). The second-order valence-electron chi connectivity index (χ2n) is 0. The summed E-state index contributed by atoms with van der Waals surface area (Å²) < 4.78 is 9.31. The standard InChI is InChI=1S/Ba.BrF.H3P/c;1-2;/h;;1H3. The molecular formula is H3BaBrFP. The summed E-state index contributed by atoms with van der Waals surface area (Å²) in [5.74, 6) is 0. The van der Waals surface area contributed by atoms with Crippen molar-refractivity contribution in [1.29, 1.82) is 0 Å². The van der Waals surface area contributed by atoms with Crippen LogP contribution in [0.5, 0.6) is 0 Å². The molecular weight excluding hydrogens is 267 g/mol. The minimum atomic E-state index is 0. The third-order valence-corrected chi connectivity index (χ3v) is 0. The molecule has 4 heavy (non-hydrogen) atoms. The van der Waals surface area contributed by atoms with E-state index < -0.39 is 0 Å². The molecule has 0 heterocycles. The van der Waals surface area contributed by atoms with Crippen LogP contribution in [0.3, 0.4) is 0 Å². The molecule has 4 heteroatoms. The Balaban J connectivity index is -0.00000000500. The van der Waals surface area contributed by atoms with Crippen LogP contribution < -0.4 is 0 Å². The average Bonchev–Trinajstić information content (AvgIpc) is 1.00. The molecule has 0 aliphatic heterocycles. The zero-order valence-corrected chi connectivity index (χ0v) is 9.61. The summed E-state index contributed by atoms with van der Waals surface area (Å²) in [6.45, 7) is 0. The van der Waals surface area contributed by atoms with E-state index in [0.717, 1.165) is 0 Å². The molecule has 0 saturated heterocycles. The van der Waals surface area contributed by atoms with Crippen molar-refractivity contribution in [3.05, 3.63) is 0 Å². The Hall–Kier alpha value is 2.41. The van der Waals surface area contributed by atoms with E-state index in [9.17, 15) is 3.56 Å². The summed E-state index contributed by atoms with van der Waals surface area (Å²) in [6, 6.07) is 0. The largest absolute Gasteiger partial charge is 0.158 e. The first-order chi connectivity index (χ1) is 1.00. The van der Waals surface area contributed by atoms with Crippen LogP contribution in [-0.4, -0.2) is 48.9 Å². The van der Waals surface area contributed by atoms with Crippen LogP contribution in [0.2, 0.25) is 0 Å². The van der Waals surface area contributed by atoms with E-state index in [0.29, 0.717) is 0 Å². The van der Waals surface area contributed by atoms with E-state index in [1.807, 2.05) is 0 Å². The first-order valence-electron chi connectivity index (χ1n) is 0.143. The van der Waals surface area contributed by atoms with Crippen molar-refractivity contribution in [2.45, 2.75) is 0 Å². The molecule has 0 aromatic rings. The molecule has 2 radical (unpaired) electrons. The Kier molecular flexibility index (Phi) is 73.0. The molecule has 24 valence electrons. The molecule has 0 aliphatic rings. The second kappa shape index (κ2) is 18.1. The summed E-state index contributed by atoms with van der Waals surface area (Å²) in [4.78, 5) is 0. The van der Waals surface area contributed by atoms with Gasteiger partial charge in [-0.3, -0.25) is 0 Å². The fourth-order valence-electron chi connectivity index (χ4n) is 0. The predicted octanol–water partition coefficient (Wildman–Crippen LogP) is 0.943. The molecule has 1 unspecified atom stereocenters. The van der Waals surface area contributed by atoms with Gasteiger partial charge in [-0.05, 0) is 0 Å². The van der Waals surface area contributed by atoms with Crippen molar-refractivity contribution in [1.82, 2.24) is 0 Å². The Bertz CT molecular complexity index is 8.00. The van der Waals surface area contributed by atoms with E-state index in [2.05, 4.69) is 0 Å². The first-order valence-corrected chi connectivity index (χ1v) is 0.742. The monoisotopic (exact) mass is 270 g/mol. The number of rotatable bonds is 0. The van der Waals surface area contributed by atoms with Crippen molar-refractivity contribution < 1.29 is 3.56 Å². The Labute approximate surface area is 77.2 Å². The van der Waals surface area contributed by atoms with Crippen molar-refractivity contribution >= 4 is 75.2 Å². The van der Waals surface area contributed by atoms with Gasteiger partial charge in [-0.15, -0.1) is 0 Å². The summed E-state index contributed by atoms with van der Waals surface area (Å²) in [6.07, 6.45) is 0. The van der Waals surface area contributed by atoms with Gasteiger partial charge >= 0.3 is 0 Å². The quantitative estimate of drug-likeness (QED) is 0.454. The topological polar surface area (TPSA) is 0 Å². The minimum absolute atomic E-state index is 0. The fraction of sp³-hybridized carbons (Fsp3) is 0. The number of hydrogen-bond acceptors (Lipinski definition) is 0. The Morgan fingerprint density at radius 3 is 1.25 bits per heavy atom. The van der Waals surface area contributed by atoms with Crippen LogP contribution in [0.25, 0.3) is 0 Å². The van der Waals surface area contributed by atoms with Crippen molar-refractivity contribution in [3.8, 4) is 0 Å². The average molecular weight is 270 g/mol. The van der Waals surface area contributed by atoms with E-state index in [4.69, 9.17) is 0 Å². The van der Waals surface area contributed by atoms with Crippen molar-refractivity contribution in [2.75, 3.05) is 0 Å². The van der Waals surface area contributed by atoms with Crippen molar-refractivity contribution in [2.24, 2.45) is 0 Å². The predicted molar refractivity (Wildman–Crippen MR) is 26.9 cm³/mol. The zero-order valence-electron chi connectivity index (χ0n) is 2.17. The maximum absolute atomic E-state index is 9.31. The Morgan fingerprint density at radius 1 is 1.25 bits per heavy atom. The van der Waals surface area contributed by atoms with Gasteiger partial charge < -0.3 is 0 Å². The summed E-state index contributed by atoms with van der Waals surface area (Å²) in [5, 5.41) is 0. The molecule has 0 fully saturated rings. The molecule has 0 amide bonds. The van der Waals surface area contributed by atoms with E-state index in [1.165, 1.54) is 16.4 Å². The van der Waals surface area contributed by atoms with Crippen LogP contribution in [0.4, 0.5) is 3.56 Å². The molecule has 0 N–H and O–H groups in total. The van der Waals surface area contributed by atoms with E-state index in [1.54, 1.807) is 0 Å². The SMILES string of the molecule is FBr.P.[Ba]. The van der Waals surface area contributed by atoms with Gasteiger partial charge in [-0.25, -0.2) is 0 Å². The molecule has 0 bridgehead atoms. The van der Waals surface area contributed by atoms with Gasteiger partial charge in [0.25, 0.3) is 0 Å². The molecule has 1 atom stereocenters. The molecule has 0 spiro atoms. The fourth-order valence-corrected chi connectivity index (χ4v) is 0. The third kappa shape index (κ3) is 8.83. The second-order valence-corrected chi connectivity index (χ2v) is 0. The maximum Gasteiger partial charge on any atom is 0.158 e. The van der Waals surface area contributed by atoms with E-state index in [-0.39, 0.29) is 58.8 Å². The van der Waals surface area contributed by atoms with Gasteiger partial charge in [0, 0.05) is 48.9 Å². The van der Waals surface area contributed by atoms with Crippen molar-refractivity contribution in [3.63, 3.8) is 0 Å². The maximum atomic E-state index is 9.31. The van der Waals surface area contributed by atoms with Gasteiger partial charge in [0.05, 0.1) is 0 Å². The zero-order chi connectivity index (χ0) is 2.00. The van der Waals surface area contributed by atoms with Gasteiger partial charge in [-0.1, -0.05) is 0 Å². The van der Waals surface area contributed by atoms with E-state index >= 15 is 0 Å². The molecule has 0 aliphatic carbocycles. The van der Waals surface area contributed by atoms with Crippen LogP contribution in [0.1, 0.15) is 0 Å². The van der Waals surface area contributed by atoms with Gasteiger partial charge in [0.2, 0.25) is 0 Å². The van der Waals surface area contributed by atoms with Gasteiger partial charge in [0.1, 0.15) is 0 Å². The molecule has 0 aromatic carbocycles. The van der Waals surface area contributed by atoms with Gasteiger partial charge in [0.15, 0.2) is 16.4 Å².